The zero-order chi connectivity index (χ0) is 15.3. The summed E-state index contributed by atoms with van der Waals surface area (Å²) in [5.74, 6) is -0.933. The molecule has 2 fully saturated rings. The Bertz CT molecular complexity index is 382. The molecule has 0 heterocycles. The van der Waals surface area contributed by atoms with E-state index in [4.69, 9.17) is 5.11 Å². The van der Waals surface area contributed by atoms with Crippen molar-refractivity contribution in [1.82, 2.24) is 5.32 Å². The monoisotopic (exact) mass is 297 g/mol. The SMILES string of the molecule is O=C(O)CC1(CC(=O)NCC2(O)CCCC2)CCCCC1. The van der Waals surface area contributed by atoms with Crippen molar-refractivity contribution in [2.24, 2.45) is 5.41 Å². The van der Waals surface area contributed by atoms with Crippen molar-refractivity contribution in [2.75, 3.05) is 6.54 Å². The summed E-state index contributed by atoms with van der Waals surface area (Å²) in [5, 5.41) is 22.2. The first-order chi connectivity index (χ1) is 9.93. The first kappa shape index (κ1) is 16.3. The molecule has 3 N–H and O–H groups in total. The largest absolute Gasteiger partial charge is 0.481 e. The van der Waals surface area contributed by atoms with Crippen LogP contribution in [0.25, 0.3) is 0 Å². The van der Waals surface area contributed by atoms with Gasteiger partial charge < -0.3 is 15.5 Å². The third kappa shape index (κ3) is 4.70. The number of carbonyl (C=O) groups excluding carboxylic acids is 1. The molecule has 0 aromatic heterocycles. The van der Waals surface area contributed by atoms with Gasteiger partial charge in [0.2, 0.25) is 5.91 Å². The van der Waals surface area contributed by atoms with Crippen molar-refractivity contribution in [3.8, 4) is 0 Å². The van der Waals surface area contributed by atoms with Crippen LogP contribution in [-0.4, -0.2) is 34.2 Å². The smallest absolute Gasteiger partial charge is 0.303 e. The van der Waals surface area contributed by atoms with Crippen LogP contribution in [0.15, 0.2) is 0 Å². The summed E-state index contributed by atoms with van der Waals surface area (Å²) in [6, 6.07) is 0. The number of aliphatic hydroxyl groups is 1. The minimum atomic E-state index is -0.820. The highest BCUT2D eigenvalue weighted by molar-refractivity contribution is 5.78. The number of aliphatic carboxylic acids is 1. The Morgan fingerprint density at radius 1 is 0.905 bits per heavy atom. The first-order valence-corrected chi connectivity index (χ1v) is 8.14. The predicted octanol–water partition coefficient (Wildman–Crippen LogP) is 2.22. The fraction of sp³-hybridized carbons (Fsp3) is 0.875. The molecule has 0 bridgehead atoms. The Morgan fingerprint density at radius 2 is 1.48 bits per heavy atom. The van der Waals surface area contributed by atoms with Gasteiger partial charge in [-0.05, 0) is 31.1 Å². The molecule has 2 aliphatic rings. The van der Waals surface area contributed by atoms with Crippen molar-refractivity contribution in [3.63, 3.8) is 0 Å². The Morgan fingerprint density at radius 3 is 2.05 bits per heavy atom. The van der Waals surface area contributed by atoms with Gasteiger partial charge in [-0.1, -0.05) is 32.1 Å². The second kappa shape index (κ2) is 6.77. The maximum absolute atomic E-state index is 12.2. The minimum absolute atomic E-state index is 0.0741. The summed E-state index contributed by atoms with van der Waals surface area (Å²) >= 11 is 0. The van der Waals surface area contributed by atoms with Gasteiger partial charge >= 0.3 is 5.97 Å². The molecule has 5 heteroatoms. The van der Waals surface area contributed by atoms with Crippen LogP contribution in [0.4, 0.5) is 0 Å². The molecular formula is C16H27NO4. The predicted molar refractivity (Wildman–Crippen MR) is 78.8 cm³/mol. The normalized spacial score (nSPS) is 23.7. The molecule has 0 aromatic rings. The van der Waals surface area contributed by atoms with Crippen LogP contribution in [0.2, 0.25) is 0 Å². The van der Waals surface area contributed by atoms with Crippen LogP contribution in [0.5, 0.6) is 0 Å². The summed E-state index contributed by atoms with van der Waals surface area (Å²) in [7, 11) is 0. The van der Waals surface area contributed by atoms with Gasteiger partial charge in [0.1, 0.15) is 0 Å². The lowest BCUT2D eigenvalue weighted by Crippen LogP contribution is -2.43. The Labute approximate surface area is 126 Å². The third-order valence-corrected chi connectivity index (χ3v) is 5.12. The van der Waals surface area contributed by atoms with E-state index >= 15 is 0 Å². The number of carboxylic acids is 1. The molecule has 2 aliphatic carbocycles. The van der Waals surface area contributed by atoms with Crippen molar-refractivity contribution < 1.29 is 19.8 Å². The van der Waals surface area contributed by atoms with E-state index in [9.17, 15) is 14.7 Å². The van der Waals surface area contributed by atoms with E-state index in [0.717, 1.165) is 57.8 Å². The molecule has 5 nitrogen and oxygen atoms in total. The summed E-state index contributed by atoms with van der Waals surface area (Å²) in [6.45, 7) is 0.301. The number of hydrogen-bond donors (Lipinski definition) is 3. The van der Waals surface area contributed by atoms with Crippen LogP contribution in [-0.2, 0) is 9.59 Å². The van der Waals surface area contributed by atoms with Gasteiger partial charge in [0.25, 0.3) is 0 Å². The zero-order valence-electron chi connectivity index (χ0n) is 12.7. The van der Waals surface area contributed by atoms with E-state index in [0.29, 0.717) is 6.54 Å². The van der Waals surface area contributed by atoms with Crippen molar-refractivity contribution >= 4 is 11.9 Å². The van der Waals surface area contributed by atoms with E-state index in [1.165, 1.54) is 0 Å². The van der Waals surface area contributed by atoms with E-state index in [1.807, 2.05) is 0 Å². The highest BCUT2D eigenvalue weighted by Crippen LogP contribution is 2.42. The maximum Gasteiger partial charge on any atom is 0.303 e. The van der Waals surface area contributed by atoms with Crippen LogP contribution in [0.3, 0.4) is 0 Å². The second-order valence-electron chi connectivity index (χ2n) is 7.02. The van der Waals surface area contributed by atoms with Crippen LogP contribution >= 0.6 is 0 Å². The standard InChI is InChI=1S/C16H27NO4/c18-13(17-12-16(21)8-4-5-9-16)10-15(11-14(19)20)6-2-1-3-7-15/h21H,1-12H2,(H,17,18)(H,19,20). The molecule has 0 unspecified atom stereocenters. The molecule has 0 aliphatic heterocycles. The highest BCUT2D eigenvalue weighted by atomic mass is 16.4. The van der Waals surface area contributed by atoms with E-state index in [2.05, 4.69) is 5.32 Å². The van der Waals surface area contributed by atoms with Crippen molar-refractivity contribution in [3.05, 3.63) is 0 Å². The van der Waals surface area contributed by atoms with Crippen LogP contribution in [0, 0.1) is 5.41 Å². The van der Waals surface area contributed by atoms with E-state index in [-0.39, 0.29) is 24.2 Å². The van der Waals surface area contributed by atoms with Gasteiger partial charge in [0.05, 0.1) is 12.0 Å². The fourth-order valence-electron chi connectivity index (χ4n) is 3.91. The molecule has 1 amide bonds. The second-order valence-corrected chi connectivity index (χ2v) is 7.02. The summed E-state index contributed by atoms with van der Waals surface area (Å²) in [6.07, 6.45) is 8.62. The van der Waals surface area contributed by atoms with E-state index < -0.39 is 11.6 Å². The molecular weight excluding hydrogens is 270 g/mol. The van der Waals surface area contributed by atoms with Gasteiger partial charge in [0, 0.05) is 13.0 Å². The molecule has 21 heavy (non-hydrogen) atoms. The lowest BCUT2D eigenvalue weighted by molar-refractivity contribution is -0.141. The molecule has 2 rings (SSSR count). The Hall–Kier alpha value is -1.10. The average Bonchev–Trinajstić information content (AvgIpc) is 2.84. The zero-order valence-corrected chi connectivity index (χ0v) is 12.7. The summed E-state index contributed by atoms with van der Waals surface area (Å²) in [4.78, 5) is 23.3. The molecule has 0 aromatic carbocycles. The number of nitrogens with one attached hydrogen (secondary N) is 1. The summed E-state index contributed by atoms with van der Waals surface area (Å²) < 4.78 is 0. The quantitative estimate of drug-likeness (QED) is 0.701. The van der Waals surface area contributed by atoms with Gasteiger partial charge in [0.15, 0.2) is 0 Å². The van der Waals surface area contributed by atoms with Gasteiger partial charge in [-0.3, -0.25) is 9.59 Å². The number of carbonyl (C=O) groups is 2. The number of rotatable bonds is 6. The minimum Gasteiger partial charge on any atom is -0.481 e. The van der Waals surface area contributed by atoms with Crippen molar-refractivity contribution in [2.45, 2.75) is 76.2 Å². The first-order valence-electron chi connectivity index (χ1n) is 8.14. The van der Waals surface area contributed by atoms with E-state index in [1.54, 1.807) is 0 Å². The fourth-order valence-corrected chi connectivity index (χ4v) is 3.91. The van der Waals surface area contributed by atoms with Crippen LogP contribution in [0.1, 0.15) is 70.6 Å². The van der Waals surface area contributed by atoms with Gasteiger partial charge in [-0.15, -0.1) is 0 Å². The number of amides is 1. The molecule has 0 spiro atoms. The van der Waals surface area contributed by atoms with Crippen LogP contribution < -0.4 is 5.32 Å². The lowest BCUT2D eigenvalue weighted by Gasteiger charge is -2.36. The lowest BCUT2D eigenvalue weighted by atomic mass is 9.69. The summed E-state index contributed by atoms with van der Waals surface area (Å²) in [5.41, 5.74) is -1.13. The average molecular weight is 297 g/mol. The third-order valence-electron chi connectivity index (χ3n) is 5.12. The van der Waals surface area contributed by atoms with Gasteiger partial charge in [-0.25, -0.2) is 0 Å². The molecule has 2 saturated carbocycles. The Kier molecular flexibility index (Phi) is 5.25. The highest BCUT2D eigenvalue weighted by Gasteiger charge is 2.37. The molecule has 120 valence electrons. The van der Waals surface area contributed by atoms with Gasteiger partial charge in [-0.2, -0.15) is 0 Å². The topological polar surface area (TPSA) is 86.6 Å². The Balaban J connectivity index is 1.87. The van der Waals surface area contributed by atoms with Crippen molar-refractivity contribution in [1.29, 1.82) is 0 Å². The number of hydrogen-bond acceptors (Lipinski definition) is 3. The molecule has 0 atom stereocenters. The number of carboxylic acid groups (broad SMARTS) is 1. The molecule has 0 saturated heterocycles. The molecule has 0 radical (unpaired) electrons. The maximum atomic E-state index is 12.2.